The van der Waals surface area contributed by atoms with Crippen LogP contribution in [0, 0.1) is 13.8 Å². The van der Waals surface area contributed by atoms with Crippen molar-refractivity contribution in [3.63, 3.8) is 0 Å². The number of aryl methyl sites for hydroxylation is 2. The van der Waals surface area contributed by atoms with Gasteiger partial charge in [0.1, 0.15) is 12.6 Å². The molecule has 0 bridgehead atoms. The first kappa shape index (κ1) is 16.2. The average Bonchev–Trinajstić information content (AvgIpc) is 3.09. The molecule has 3 rings (SSSR count). The van der Waals surface area contributed by atoms with Gasteiger partial charge >= 0.3 is 0 Å². The van der Waals surface area contributed by atoms with E-state index in [1.165, 1.54) is 0 Å². The zero-order chi connectivity index (χ0) is 17.3. The van der Waals surface area contributed by atoms with Crippen LogP contribution in [0.4, 0.5) is 5.69 Å². The number of para-hydroxylation sites is 1. The summed E-state index contributed by atoms with van der Waals surface area (Å²) in [6, 6.07) is 11.1. The SMILES string of the molecule is Cc1cc(C)n(CC(=O)N(C)[C@H]2CCN(c3ccccc3)C2=O)n1. The second-order valence-corrected chi connectivity index (χ2v) is 6.22. The van der Waals surface area contributed by atoms with Gasteiger partial charge in [-0.1, -0.05) is 18.2 Å². The maximum absolute atomic E-state index is 12.7. The van der Waals surface area contributed by atoms with Gasteiger partial charge < -0.3 is 9.80 Å². The number of benzene rings is 1. The van der Waals surface area contributed by atoms with Crippen molar-refractivity contribution >= 4 is 17.5 Å². The zero-order valence-electron chi connectivity index (χ0n) is 14.3. The second kappa shape index (κ2) is 6.47. The van der Waals surface area contributed by atoms with Gasteiger partial charge in [0.15, 0.2) is 0 Å². The van der Waals surface area contributed by atoms with Crippen molar-refractivity contribution in [3.05, 3.63) is 47.8 Å². The lowest BCUT2D eigenvalue weighted by Crippen LogP contribution is -2.44. The largest absolute Gasteiger partial charge is 0.332 e. The summed E-state index contributed by atoms with van der Waals surface area (Å²) in [6.07, 6.45) is 0.646. The minimum absolute atomic E-state index is 0.0228. The maximum atomic E-state index is 12.7. The number of carbonyl (C=O) groups is 2. The van der Waals surface area contributed by atoms with Crippen LogP contribution >= 0.6 is 0 Å². The molecule has 0 radical (unpaired) electrons. The summed E-state index contributed by atoms with van der Waals surface area (Å²) in [5, 5.41) is 4.31. The molecule has 0 unspecified atom stereocenters. The topological polar surface area (TPSA) is 58.4 Å². The quantitative estimate of drug-likeness (QED) is 0.860. The molecule has 6 nitrogen and oxygen atoms in total. The van der Waals surface area contributed by atoms with E-state index in [2.05, 4.69) is 5.10 Å². The van der Waals surface area contributed by atoms with E-state index >= 15 is 0 Å². The number of rotatable bonds is 4. The Kier molecular flexibility index (Phi) is 4.38. The zero-order valence-corrected chi connectivity index (χ0v) is 14.3. The Labute approximate surface area is 141 Å². The minimum Gasteiger partial charge on any atom is -0.332 e. The van der Waals surface area contributed by atoms with Gasteiger partial charge in [0.05, 0.1) is 5.69 Å². The van der Waals surface area contributed by atoms with Crippen LogP contribution in [-0.4, -0.2) is 46.1 Å². The highest BCUT2D eigenvalue weighted by molar-refractivity contribution is 6.01. The highest BCUT2D eigenvalue weighted by atomic mass is 16.2. The average molecular weight is 326 g/mol. The molecule has 2 amide bonds. The third kappa shape index (κ3) is 3.04. The summed E-state index contributed by atoms with van der Waals surface area (Å²) < 4.78 is 1.68. The van der Waals surface area contributed by atoms with Gasteiger partial charge in [-0.2, -0.15) is 5.10 Å². The Balaban J connectivity index is 1.69. The Hall–Kier alpha value is -2.63. The molecule has 0 saturated carbocycles. The number of hydrogen-bond acceptors (Lipinski definition) is 3. The van der Waals surface area contributed by atoms with Gasteiger partial charge in [0, 0.05) is 25.0 Å². The van der Waals surface area contributed by atoms with E-state index in [1.807, 2.05) is 50.2 Å². The van der Waals surface area contributed by atoms with Crippen LogP contribution in [0.15, 0.2) is 36.4 Å². The number of hydrogen-bond donors (Lipinski definition) is 0. The molecular formula is C18H22N4O2. The molecule has 1 aliphatic heterocycles. The molecule has 126 valence electrons. The van der Waals surface area contributed by atoms with Crippen LogP contribution in [-0.2, 0) is 16.1 Å². The van der Waals surface area contributed by atoms with E-state index in [0.717, 1.165) is 17.1 Å². The van der Waals surface area contributed by atoms with Crippen LogP contribution in [0.1, 0.15) is 17.8 Å². The maximum Gasteiger partial charge on any atom is 0.249 e. The number of nitrogens with zero attached hydrogens (tertiary/aromatic N) is 4. The van der Waals surface area contributed by atoms with Gasteiger partial charge in [-0.05, 0) is 38.5 Å². The summed E-state index contributed by atoms with van der Waals surface area (Å²) in [7, 11) is 1.70. The van der Waals surface area contributed by atoms with Gasteiger partial charge in [0.2, 0.25) is 11.8 Å². The Morgan fingerprint density at radius 2 is 2.00 bits per heavy atom. The molecule has 6 heteroatoms. The van der Waals surface area contributed by atoms with Crippen molar-refractivity contribution in [1.82, 2.24) is 14.7 Å². The Bertz CT molecular complexity index is 754. The molecule has 1 fully saturated rings. The van der Waals surface area contributed by atoms with Crippen LogP contribution in [0.5, 0.6) is 0 Å². The van der Waals surface area contributed by atoms with E-state index in [4.69, 9.17) is 0 Å². The fraction of sp³-hybridized carbons (Fsp3) is 0.389. The van der Waals surface area contributed by atoms with Crippen LogP contribution in [0.2, 0.25) is 0 Å². The molecule has 1 aromatic heterocycles. The molecule has 0 spiro atoms. The lowest BCUT2D eigenvalue weighted by Gasteiger charge is -2.24. The van der Waals surface area contributed by atoms with Gasteiger partial charge in [0.25, 0.3) is 0 Å². The highest BCUT2D eigenvalue weighted by Crippen LogP contribution is 2.23. The lowest BCUT2D eigenvalue weighted by atomic mass is 10.2. The molecule has 2 heterocycles. The molecule has 1 aliphatic rings. The van der Waals surface area contributed by atoms with E-state index in [-0.39, 0.29) is 18.4 Å². The fourth-order valence-corrected chi connectivity index (χ4v) is 3.14. The van der Waals surface area contributed by atoms with Crippen LogP contribution < -0.4 is 4.90 Å². The lowest BCUT2D eigenvalue weighted by molar-refractivity contribution is -0.137. The molecule has 0 N–H and O–H groups in total. The standard InChI is InChI=1S/C18H22N4O2/c1-13-11-14(2)22(19-13)12-17(23)20(3)16-9-10-21(18(16)24)15-7-5-4-6-8-15/h4-8,11,16H,9-10,12H2,1-3H3/t16-/m0/s1. The fourth-order valence-electron chi connectivity index (χ4n) is 3.14. The van der Waals surface area contributed by atoms with E-state index < -0.39 is 6.04 Å². The van der Waals surface area contributed by atoms with E-state index in [1.54, 1.807) is 21.5 Å². The molecule has 1 saturated heterocycles. The van der Waals surface area contributed by atoms with E-state index in [9.17, 15) is 9.59 Å². The van der Waals surface area contributed by atoms with Crippen molar-refractivity contribution < 1.29 is 9.59 Å². The van der Waals surface area contributed by atoms with Gasteiger partial charge in [-0.3, -0.25) is 14.3 Å². The van der Waals surface area contributed by atoms with Crippen LogP contribution in [0.3, 0.4) is 0 Å². The Morgan fingerprint density at radius 3 is 2.62 bits per heavy atom. The first-order chi connectivity index (χ1) is 11.5. The van der Waals surface area contributed by atoms with Crippen molar-refractivity contribution in [3.8, 4) is 0 Å². The number of aromatic nitrogens is 2. The molecule has 1 atom stereocenters. The number of likely N-dealkylation sites (N-methyl/N-ethyl adjacent to an activating group) is 1. The van der Waals surface area contributed by atoms with Gasteiger partial charge in [-0.25, -0.2) is 0 Å². The smallest absolute Gasteiger partial charge is 0.249 e. The summed E-state index contributed by atoms with van der Waals surface area (Å²) in [5.41, 5.74) is 2.71. The summed E-state index contributed by atoms with van der Waals surface area (Å²) >= 11 is 0. The van der Waals surface area contributed by atoms with Crippen molar-refractivity contribution in [1.29, 1.82) is 0 Å². The predicted octanol–water partition coefficient (Wildman–Crippen LogP) is 1.76. The second-order valence-electron chi connectivity index (χ2n) is 6.22. The minimum atomic E-state index is -0.408. The molecule has 0 aliphatic carbocycles. The van der Waals surface area contributed by atoms with Crippen molar-refractivity contribution in [2.75, 3.05) is 18.5 Å². The molecule has 24 heavy (non-hydrogen) atoms. The Morgan fingerprint density at radius 1 is 1.29 bits per heavy atom. The molecule has 2 aromatic rings. The third-order valence-corrected chi connectivity index (χ3v) is 4.49. The van der Waals surface area contributed by atoms with E-state index in [0.29, 0.717) is 13.0 Å². The van der Waals surface area contributed by atoms with Crippen molar-refractivity contribution in [2.24, 2.45) is 0 Å². The monoisotopic (exact) mass is 326 g/mol. The molecular weight excluding hydrogens is 304 g/mol. The summed E-state index contributed by atoms with van der Waals surface area (Å²) in [5.74, 6) is -0.125. The third-order valence-electron chi connectivity index (χ3n) is 4.49. The number of carbonyl (C=O) groups excluding carboxylic acids is 2. The summed E-state index contributed by atoms with van der Waals surface area (Å²) in [6.45, 7) is 4.61. The normalized spacial score (nSPS) is 17.4. The first-order valence-electron chi connectivity index (χ1n) is 8.10. The first-order valence-corrected chi connectivity index (χ1v) is 8.10. The van der Waals surface area contributed by atoms with Crippen molar-refractivity contribution in [2.45, 2.75) is 32.9 Å². The number of anilines is 1. The predicted molar refractivity (Wildman–Crippen MR) is 91.7 cm³/mol. The van der Waals surface area contributed by atoms with Crippen LogP contribution in [0.25, 0.3) is 0 Å². The van der Waals surface area contributed by atoms with Gasteiger partial charge in [-0.15, -0.1) is 0 Å². The summed E-state index contributed by atoms with van der Waals surface area (Å²) in [4.78, 5) is 28.5. The number of amides is 2. The highest BCUT2D eigenvalue weighted by Gasteiger charge is 2.37. The molecule has 1 aromatic carbocycles.